The minimum atomic E-state index is 0.00637. The van der Waals surface area contributed by atoms with E-state index in [2.05, 4.69) is 10.3 Å². The molecule has 0 bridgehead atoms. The van der Waals surface area contributed by atoms with Crippen LogP contribution in [0.25, 0.3) is 0 Å². The number of amides is 1. The number of aryl methyl sites for hydroxylation is 1. The number of hydrogen-bond acceptors (Lipinski definition) is 3. The number of hydrogen-bond donors (Lipinski definition) is 1. The summed E-state index contributed by atoms with van der Waals surface area (Å²) in [5.41, 5.74) is 0.743. The van der Waals surface area contributed by atoms with E-state index in [-0.39, 0.29) is 5.91 Å². The smallest absolute Gasteiger partial charge is 0.252 e. The molecule has 0 spiro atoms. The van der Waals surface area contributed by atoms with E-state index in [9.17, 15) is 4.79 Å². The molecule has 0 unspecified atom stereocenters. The second-order valence-corrected chi connectivity index (χ2v) is 4.20. The van der Waals surface area contributed by atoms with Gasteiger partial charge in [0.25, 0.3) is 5.91 Å². The minimum absolute atomic E-state index is 0.00637. The van der Waals surface area contributed by atoms with Gasteiger partial charge in [-0.1, -0.05) is 0 Å². The Labute approximate surface area is 97.9 Å². The van der Waals surface area contributed by atoms with Gasteiger partial charge in [0.2, 0.25) is 0 Å². The number of carbonyl (C=O) groups excluding carboxylic acids is 1. The average Bonchev–Trinajstić information content (AvgIpc) is 2.96. The summed E-state index contributed by atoms with van der Waals surface area (Å²) in [7, 11) is 0. The van der Waals surface area contributed by atoms with Gasteiger partial charge in [-0.3, -0.25) is 4.79 Å². The van der Waals surface area contributed by atoms with E-state index in [1.165, 1.54) is 11.3 Å². The third-order valence-corrected chi connectivity index (χ3v) is 2.90. The summed E-state index contributed by atoms with van der Waals surface area (Å²) in [6.45, 7) is 1.57. The Morgan fingerprint density at radius 3 is 3.19 bits per heavy atom. The predicted octanol–water partition coefficient (Wildman–Crippen LogP) is 1.76. The van der Waals surface area contributed by atoms with E-state index < -0.39 is 0 Å². The third kappa shape index (κ3) is 2.93. The largest absolute Gasteiger partial charge is 0.352 e. The highest BCUT2D eigenvalue weighted by Crippen LogP contribution is 2.05. The number of aromatic nitrogens is 2. The highest BCUT2D eigenvalue weighted by Gasteiger charge is 2.03. The van der Waals surface area contributed by atoms with Crippen molar-refractivity contribution < 1.29 is 4.79 Å². The van der Waals surface area contributed by atoms with Gasteiger partial charge in [0, 0.05) is 36.4 Å². The minimum Gasteiger partial charge on any atom is -0.352 e. The lowest BCUT2D eigenvalue weighted by Gasteiger charge is -2.04. The first-order chi connectivity index (χ1) is 7.86. The monoisotopic (exact) mass is 235 g/mol. The van der Waals surface area contributed by atoms with Crippen LogP contribution < -0.4 is 5.32 Å². The molecule has 1 amide bonds. The van der Waals surface area contributed by atoms with Gasteiger partial charge in [-0.2, -0.15) is 11.3 Å². The molecule has 2 rings (SSSR count). The van der Waals surface area contributed by atoms with Gasteiger partial charge in [0.1, 0.15) is 0 Å². The second kappa shape index (κ2) is 5.46. The number of thiophene rings is 1. The maximum absolute atomic E-state index is 11.5. The Kier molecular flexibility index (Phi) is 3.71. The molecule has 84 valence electrons. The highest BCUT2D eigenvalue weighted by atomic mass is 32.1. The van der Waals surface area contributed by atoms with Crippen molar-refractivity contribution in [3.8, 4) is 0 Å². The van der Waals surface area contributed by atoms with E-state index >= 15 is 0 Å². The van der Waals surface area contributed by atoms with Crippen molar-refractivity contribution in [1.29, 1.82) is 0 Å². The fraction of sp³-hybridized carbons (Fsp3) is 0.273. The van der Waals surface area contributed by atoms with Gasteiger partial charge >= 0.3 is 0 Å². The van der Waals surface area contributed by atoms with Crippen molar-refractivity contribution in [2.24, 2.45) is 0 Å². The van der Waals surface area contributed by atoms with Crippen molar-refractivity contribution >= 4 is 17.2 Å². The predicted molar refractivity (Wildman–Crippen MR) is 63.5 cm³/mol. The molecule has 2 heterocycles. The quantitative estimate of drug-likeness (QED) is 0.803. The van der Waals surface area contributed by atoms with Crippen LogP contribution in [0.2, 0.25) is 0 Å². The van der Waals surface area contributed by atoms with Crippen molar-refractivity contribution in [2.45, 2.75) is 13.0 Å². The van der Waals surface area contributed by atoms with Crippen LogP contribution in [0.5, 0.6) is 0 Å². The standard InChI is InChI=1S/C11H13N3OS/c15-11(10-2-7-16-8-10)13-3-1-5-14-6-4-12-9-14/h2,4,6-9H,1,3,5H2,(H,13,15). The Morgan fingerprint density at radius 1 is 1.56 bits per heavy atom. The Bertz CT molecular complexity index is 422. The lowest BCUT2D eigenvalue weighted by Crippen LogP contribution is -2.24. The molecule has 5 heteroatoms. The molecule has 0 aromatic carbocycles. The lowest BCUT2D eigenvalue weighted by molar-refractivity contribution is 0.0953. The molecular weight excluding hydrogens is 222 g/mol. The zero-order valence-corrected chi connectivity index (χ0v) is 9.61. The lowest BCUT2D eigenvalue weighted by atomic mass is 10.3. The second-order valence-electron chi connectivity index (χ2n) is 3.42. The summed E-state index contributed by atoms with van der Waals surface area (Å²) in [6, 6.07) is 1.83. The van der Waals surface area contributed by atoms with Crippen molar-refractivity contribution in [3.05, 3.63) is 41.1 Å². The number of rotatable bonds is 5. The summed E-state index contributed by atoms with van der Waals surface area (Å²) in [4.78, 5) is 15.5. The fourth-order valence-corrected chi connectivity index (χ4v) is 2.01. The normalized spacial score (nSPS) is 10.2. The van der Waals surface area contributed by atoms with Gasteiger partial charge in [-0.15, -0.1) is 0 Å². The first kappa shape index (κ1) is 10.9. The van der Waals surface area contributed by atoms with Crippen LogP contribution in [0.15, 0.2) is 35.5 Å². The van der Waals surface area contributed by atoms with Crippen LogP contribution in [0.1, 0.15) is 16.8 Å². The van der Waals surface area contributed by atoms with Crippen LogP contribution in [0.4, 0.5) is 0 Å². The van der Waals surface area contributed by atoms with Crippen molar-refractivity contribution in [1.82, 2.24) is 14.9 Å². The van der Waals surface area contributed by atoms with Crippen LogP contribution in [-0.2, 0) is 6.54 Å². The van der Waals surface area contributed by atoms with Crippen molar-refractivity contribution in [3.63, 3.8) is 0 Å². The Balaban J connectivity index is 1.67. The first-order valence-electron chi connectivity index (χ1n) is 5.12. The Morgan fingerprint density at radius 2 is 2.50 bits per heavy atom. The van der Waals surface area contributed by atoms with Crippen LogP contribution >= 0.6 is 11.3 Å². The molecule has 1 N–H and O–H groups in total. The van der Waals surface area contributed by atoms with E-state index in [0.717, 1.165) is 18.5 Å². The molecule has 0 radical (unpaired) electrons. The van der Waals surface area contributed by atoms with Crippen LogP contribution in [0.3, 0.4) is 0 Å². The molecule has 16 heavy (non-hydrogen) atoms. The van der Waals surface area contributed by atoms with Gasteiger partial charge in [0.15, 0.2) is 0 Å². The summed E-state index contributed by atoms with van der Waals surface area (Å²) in [5, 5.41) is 6.64. The molecule has 0 aliphatic carbocycles. The van der Waals surface area contributed by atoms with E-state index in [4.69, 9.17) is 0 Å². The molecule has 2 aromatic heterocycles. The molecule has 0 atom stereocenters. The average molecular weight is 235 g/mol. The zero-order valence-electron chi connectivity index (χ0n) is 8.80. The maximum atomic E-state index is 11.5. The molecule has 0 aliphatic rings. The SMILES string of the molecule is O=C(NCCCn1ccnc1)c1ccsc1. The van der Waals surface area contributed by atoms with E-state index in [0.29, 0.717) is 6.54 Å². The molecule has 2 aromatic rings. The molecule has 4 nitrogen and oxygen atoms in total. The van der Waals surface area contributed by atoms with E-state index in [1.807, 2.05) is 27.6 Å². The summed E-state index contributed by atoms with van der Waals surface area (Å²) >= 11 is 1.53. The molecule has 0 aliphatic heterocycles. The van der Waals surface area contributed by atoms with Crippen molar-refractivity contribution in [2.75, 3.05) is 6.54 Å². The number of nitrogens with zero attached hydrogens (tertiary/aromatic N) is 2. The number of imidazole rings is 1. The fourth-order valence-electron chi connectivity index (χ4n) is 1.38. The van der Waals surface area contributed by atoms with E-state index in [1.54, 1.807) is 12.5 Å². The summed E-state index contributed by atoms with van der Waals surface area (Å²) in [6.07, 6.45) is 6.36. The van der Waals surface area contributed by atoms with Gasteiger partial charge in [-0.05, 0) is 17.9 Å². The molecular formula is C11H13N3OS. The number of carbonyl (C=O) groups is 1. The van der Waals surface area contributed by atoms with Crippen LogP contribution in [-0.4, -0.2) is 22.0 Å². The van der Waals surface area contributed by atoms with Gasteiger partial charge < -0.3 is 9.88 Å². The van der Waals surface area contributed by atoms with Crippen LogP contribution in [0, 0.1) is 0 Å². The maximum Gasteiger partial charge on any atom is 0.252 e. The zero-order chi connectivity index (χ0) is 11.2. The molecule has 0 saturated carbocycles. The Hall–Kier alpha value is -1.62. The summed E-state index contributed by atoms with van der Waals surface area (Å²) in [5.74, 6) is 0.00637. The van der Waals surface area contributed by atoms with Gasteiger partial charge in [0.05, 0.1) is 6.33 Å². The molecule has 0 saturated heterocycles. The highest BCUT2D eigenvalue weighted by molar-refractivity contribution is 7.08. The van der Waals surface area contributed by atoms with Gasteiger partial charge in [-0.25, -0.2) is 4.98 Å². The molecule has 0 fully saturated rings. The first-order valence-corrected chi connectivity index (χ1v) is 6.06. The summed E-state index contributed by atoms with van der Waals surface area (Å²) < 4.78 is 2.00. The third-order valence-electron chi connectivity index (χ3n) is 2.22. The number of nitrogens with one attached hydrogen (secondary N) is 1. The topological polar surface area (TPSA) is 46.9 Å².